The van der Waals surface area contributed by atoms with Crippen molar-refractivity contribution in [1.29, 1.82) is 0 Å². The van der Waals surface area contributed by atoms with E-state index in [1.807, 2.05) is 0 Å². The largest absolute Gasteiger partial charge is 0.461 e. The highest BCUT2D eigenvalue weighted by Gasteiger charge is 2.06. The van der Waals surface area contributed by atoms with Crippen LogP contribution in [0.5, 0.6) is 0 Å². The van der Waals surface area contributed by atoms with Crippen LogP contribution in [0.3, 0.4) is 0 Å². The summed E-state index contributed by atoms with van der Waals surface area (Å²) in [6.45, 7) is 0. The van der Waals surface area contributed by atoms with E-state index in [2.05, 4.69) is 9.97 Å². The Morgan fingerprint density at radius 1 is 1.31 bits per heavy atom. The Labute approximate surface area is 84.3 Å². The minimum absolute atomic E-state index is 0.225. The van der Waals surface area contributed by atoms with E-state index in [1.54, 1.807) is 18.4 Å². The zero-order valence-electron chi connectivity index (χ0n) is 6.37. The molecule has 0 aliphatic carbocycles. The van der Waals surface area contributed by atoms with Gasteiger partial charge in [0.25, 0.3) is 0 Å². The summed E-state index contributed by atoms with van der Waals surface area (Å²) < 4.78 is 5.09. The van der Waals surface area contributed by atoms with Crippen LogP contribution in [-0.4, -0.2) is 9.97 Å². The van der Waals surface area contributed by atoms with Crippen molar-refractivity contribution >= 4 is 23.2 Å². The van der Waals surface area contributed by atoms with Crippen LogP contribution in [0.1, 0.15) is 0 Å². The van der Waals surface area contributed by atoms with Gasteiger partial charge in [0, 0.05) is 0 Å². The lowest BCUT2D eigenvalue weighted by atomic mass is 10.4. The Kier molecular flexibility index (Phi) is 2.20. The zero-order chi connectivity index (χ0) is 9.26. The Morgan fingerprint density at radius 3 is 2.77 bits per heavy atom. The highest BCUT2D eigenvalue weighted by Crippen LogP contribution is 2.22. The molecule has 0 radical (unpaired) electrons. The number of halogens is 2. The fraction of sp³-hybridized carbons (Fsp3) is 0. The van der Waals surface area contributed by atoms with Gasteiger partial charge in [-0.15, -0.1) is 0 Å². The second-order valence-corrected chi connectivity index (χ2v) is 3.07. The summed E-state index contributed by atoms with van der Waals surface area (Å²) in [5.74, 6) is 0.998. The van der Waals surface area contributed by atoms with Crippen LogP contribution in [0.2, 0.25) is 10.2 Å². The minimum Gasteiger partial charge on any atom is -0.461 e. The Balaban J connectivity index is 2.49. The van der Waals surface area contributed by atoms with Gasteiger partial charge in [0.2, 0.25) is 0 Å². The van der Waals surface area contributed by atoms with E-state index in [9.17, 15) is 0 Å². The topological polar surface area (TPSA) is 38.9 Å². The van der Waals surface area contributed by atoms with E-state index in [1.165, 1.54) is 6.20 Å². The lowest BCUT2D eigenvalue weighted by molar-refractivity contribution is 0.577. The Morgan fingerprint density at radius 2 is 2.15 bits per heavy atom. The lowest BCUT2D eigenvalue weighted by Gasteiger charge is -1.96. The molecule has 0 amide bonds. The molecule has 0 aliphatic rings. The van der Waals surface area contributed by atoms with Gasteiger partial charge in [-0.05, 0) is 12.1 Å². The van der Waals surface area contributed by atoms with Gasteiger partial charge in [-0.25, -0.2) is 9.97 Å². The highest BCUT2D eigenvalue weighted by molar-refractivity contribution is 6.41. The van der Waals surface area contributed by atoms with Gasteiger partial charge in [-0.2, -0.15) is 0 Å². The van der Waals surface area contributed by atoms with Crippen molar-refractivity contribution in [1.82, 2.24) is 9.97 Å². The van der Waals surface area contributed by atoms with Gasteiger partial charge >= 0.3 is 0 Å². The number of aromatic nitrogens is 2. The van der Waals surface area contributed by atoms with Crippen molar-refractivity contribution in [2.24, 2.45) is 0 Å². The molecule has 0 aliphatic heterocycles. The standard InChI is InChI=1S/C8H4Cl2N2O/c9-5-4-11-8(12-7(5)10)6-2-1-3-13-6/h1-4H. The molecule has 2 aromatic heterocycles. The maximum absolute atomic E-state index is 5.71. The van der Waals surface area contributed by atoms with Crippen LogP contribution in [0.15, 0.2) is 29.0 Å². The monoisotopic (exact) mass is 214 g/mol. The average Bonchev–Trinajstić information content (AvgIpc) is 2.62. The molecule has 0 unspecified atom stereocenters. The van der Waals surface area contributed by atoms with E-state index in [-0.39, 0.29) is 5.15 Å². The predicted octanol–water partition coefficient (Wildman–Crippen LogP) is 3.04. The maximum Gasteiger partial charge on any atom is 0.197 e. The maximum atomic E-state index is 5.71. The molecule has 5 heteroatoms. The van der Waals surface area contributed by atoms with E-state index in [4.69, 9.17) is 27.6 Å². The molecule has 3 nitrogen and oxygen atoms in total. The lowest BCUT2D eigenvalue weighted by Crippen LogP contribution is -1.87. The SMILES string of the molecule is Clc1cnc(-c2ccco2)nc1Cl. The Bertz CT molecular complexity index is 414. The first-order chi connectivity index (χ1) is 6.27. The fourth-order valence-electron chi connectivity index (χ4n) is 0.871. The number of hydrogen-bond acceptors (Lipinski definition) is 3. The third-order valence-electron chi connectivity index (χ3n) is 1.44. The van der Waals surface area contributed by atoms with Crippen LogP contribution >= 0.6 is 23.2 Å². The summed E-state index contributed by atoms with van der Waals surface area (Å²) in [7, 11) is 0. The summed E-state index contributed by atoms with van der Waals surface area (Å²) in [5, 5.41) is 0.556. The van der Waals surface area contributed by atoms with Crippen LogP contribution in [0.4, 0.5) is 0 Å². The molecule has 66 valence electrons. The van der Waals surface area contributed by atoms with Gasteiger partial charge < -0.3 is 4.42 Å². The third-order valence-corrected chi connectivity index (χ3v) is 2.10. The van der Waals surface area contributed by atoms with Gasteiger partial charge in [-0.1, -0.05) is 23.2 Å². The predicted molar refractivity (Wildman–Crippen MR) is 49.8 cm³/mol. The first-order valence-electron chi connectivity index (χ1n) is 3.49. The first kappa shape index (κ1) is 8.53. The summed E-state index contributed by atoms with van der Waals surface area (Å²) >= 11 is 11.4. The van der Waals surface area contributed by atoms with Crippen molar-refractivity contribution < 1.29 is 4.42 Å². The molecule has 0 spiro atoms. The van der Waals surface area contributed by atoms with Crippen LogP contribution in [0.25, 0.3) is 11.6 Å². The molecule has 0 N–H and O–H groups in total. The van der Waals surface area contributed by atoms with Crippen molar-refractivity contribution in [2.75, 3.05) is 0 Å². The minimum atomic E-state index is 0.225. The molecule has 13 heavy (non-hydrogen) atoms. The fourth-order valence-corrected chi connectivity index (χ4v) is 1.09. The molecule has 0 bridgehead atoms. The van der Waals surface area contributed by atoms with Gasteiger partial charge in [-0.3, -0.25) is 0 Å². The van der Waals surface area contributed by atoms with Gasteiger partial charge in [0.15, 0.2) is 16.7 Å². The molecule has 2 heterocycles. The average molecular weight is 215 g/mol. The molecule has 0 saturated carbocycles. The van der Waals surface area contributed by atoms with E-state index in [0.29, 0.717) is 16.6 Å². The molecule has 2 rings (SSSR count). The van der Waals surface area contributed by atoms with E-state index < -0.39 is 0 Å². The van der Waals surface area contributed by atoms with Crippen LogP contribution < -0.4 is 0 Å². The number of furan rings is 1. The number of nitrogens with zero attached hydrogens (tertiary/aromatic N) is 2. The second-order valence-electron chi connectivity index (χ2n) is 2.31. The van der Waals surface area contributed by atoms with Crippen molar-refractivity contribution in [3.63, 3.8) is 0 Å². The smallest absolute Gasteiger partial charge is 0.197 e. The molecular formula is C8H4Cl2N2O. The quantitative estimate of drug-likeness (QED) is 0.686. The van der Waals surface area contributed by atoms with E-state index in [0.717, 1.165) is 0 Å². The first-order valence-corrected chi connectivity index (χ1v) is 4.25. The molecule has 0 saturated heterocycles. The number of hydrogen-bond donors (Lipinski definition) is 0. The normalized spacial score (nSPS) is 10.3. The van der Waals surface area contributed by atoms with Crippen molar-refractivity contribution in [3.05, 3.63) is 34.8 Å². The summed E-state index contributed by atoms with van der Waals surface area (Å²) in [5.41, 5.74) is 0. The van der Waals surface area contributed by atoms with Crippen LogP contribution in [-0.2, 0) is 0 Å². The highest BCUT2D eigenvalue weighted by atomic mass is 35.5. The van der Waals surface area contributed by atoms with Crippen molar-refractivity contribution in [3.8, 4) is 11.6 Å². The molecule has 0 fully saturated rings. The molecule has 0 aromatic carbocycles. The third kappa shape index (κ3) is 1.66. The molecule has 2 aromatic rings. The summed E-state index contributed by atoms with van der Waals surface area (Å²) in [6.07, 6.45) is 2.98. The van der Waals surface area contributed by atoms with Gasteiger partial charge in [0.05, 0.1) is 17.5 Å². The van der Waals surface area contributed by atoms with Crippen molar-refractivity contribution in [2.45, 2.75) is 0 Å². The number of rotatable bonds is 1. The molecular weight excluding hydrogens is 211 g/mol. The van der Waals surface area contributed by atoms with E-state index >= 15 is 0 Å². The zero-order valence-corrected chi connectivity index (χ0v) is 7.88. The second kappa shape index (κ2) is 3.36. The Hall–Kier alpha value is -1.06. The summed E-state index contributed by atoms with van der Waals surface area (Å²) in [4.78, 5) is 7.90. The van der Waals surface area contributed by atoms with Crippen LogP contribution in [0, 0.1) is 0 Å². The summed E-state index contributed by atoms with van der Waals surface area (Å²) in [6, 6.07) is 3.50. The molecule has 0 atom stereocenters. The van der Waals surface area contributed by atoms with Gasteiger partial charge in [0.1, 0.15) is 0 Å².